The molecule has 1 fully saturated rings. The second kappa shape index (κ2) is 6.13. The van der Waals surface area contributed by atoms with Gasteiger partial charge in [-0.05, 0) is 56.0 Å². The molecule has 3 rings (SSSR count). The van der Waals surface area contributed by atoms with Gasteiger partial charge in [-0.3, -0.25) is 4.79 Å². The van der Waals surface area contributed by atoms with Crippen molar-refractivity contribution in [3.8, 4) is 0 Å². The number of carbonyl (C=O) groups is 1. The Balaban J connectivity index is 1.73. The van der Waals surface area contributed by atoms with Gasteiger partial charge in [-0.1, -0.05) is 12.1 Å². The monoisotopic (exact) mass is 296 g/mol. The second-order valence-electron chi connectivity index (χ2n) is 5.74. The zero-order valence-electron chi connectivity index (χ0n) is 13.0. The van der Waals surface area contributed by atoms with Crippen molar-refractivity contribution in [1.82, 2.24) is 10.2 Å². The van der Waals surface area contributed by atoms with Crippen molar-refractivity contribution < 1.29 is 4.79 Å². The fourth-order valence-electron chi connectivity index (χ4n) is 2.62. The molecule has 0 atom stereocenters. The van der Waals surface area contributed by atoms with Crippen molar-refractivity contribution >= 4 is 17.4 Å². The molecule has 1 saturated heterocycles. The number of amides is 1. The van der Waals surface area contributed by atoms with Gasteiger partial charge in [0.25, 0.3) is 5.91 Å². The number of aryl methyl sites for hydroxylation is 2. The molecule has 0 bridgehead atoms. The third-order valence-electron chi connectivity index (χ3n) is 3.95. The van der Waals surface area contributed by atoms with Crippen LogP contribution in [-0.4, -0.2) is 29.2 Å². The Morgan fingerprint density at radius 2 is 1.86 bits per heavy atom. The Labute approximate surface area is 130 Å². The van der Waals surface area contributed by atoms with E-state index in [9.17, 15) is 4.79 Å². The largest absolute Gasteiger partial charge is 0.355 e. The van der Waals surface area contributed by atoms with Crippen molar-refractivity contribution in [3.63, 3.8) is 0 Å². The highest BCUT2D eigenvalue weighted by atomic mass is 16.1. The smallest absolute Gasteiger partial charge is 0.276 e. The van der Waals surface area contributed by atoms with E-state index in [-0.39, 0.29) is 5.91 Å². The molecule has 1 aliphatic rings. The molecule has 2 heterocycles. The Morgan fingerprint density at radius 3 is 2.55 bits per heavy atom. The molecule has 2 aromatic rings. The van der Waals surface area contributed by atoms with E-state index >= 15 is 0 Å². The summed E-state index contributed by atoms with van der Waals surface area (Å²) >= 11 is 0. The first-order valence-electron chi connectivity index (χ1n) is 7.61. The summed E-state index contributed by atoms with van der Waals surface area (Å²) in [6, 6.07) is 9.58. The predicted octanol–water partition coefficient (Wildman–Crippen LogP) is 2.95. The minimum atomic E-state index is -0.228. The van der Waals surface area contributed by atoms with Crippen LogP contribution < -0.4 is 10.2 Å². The Morgan fingerprint density at radius 1 is 1.09 bits per heavy atom. The summed E-state index contributed by atoms with van der Waals surface area (Å²) in [5, 5.41) is 11.1. The molecule has 0 radical (unpaired) electrons. The Bertz CT molecular complexity index is 676. The maximum Gasteiger partial charge on any atom is 0.276 e. The number of hydrogen-bond donors (Lipinski definition) is 1. The molecule has 1 amide bonds. The number of nitrogens with one attached hydrogen (secondary N) is 1. The zero-order chi connectivity index (χ0) is 15.5. The van der Waals surface area contributed by atoms with Gasteiger partial charge in [0.2, 0.25) is 0 Å². The van der Waals surface area contributed by atoms with Crippen LogP contribution in [0.4, 0.5) is 11.5 Å². The summed E-state index contributed by atoms with van der Waals surface area (Å²) in [7, 11) is 0. The highest BCUT2D eigenvalue weighted by molar-refractivity contribution is 6.03. The number of nitrogens with zero attached hydrogens (tertiary/aromatic N) is 3. The van der Waals surface area contributed by atoms with E-state index in [2.05, 4.69) is 20.4 Å². The molecule has 1 aromatic carbocycles. The predicted molar refractivity (Wildman–Crippen MR) is 87.3 cm³/mol. The maximum atomic E-state index is 12.3. The van der Waals surface area contributed by atoms with Crippen LogP contribution in [0.5, 0.6) is 0 Å². The quantitative estimate of drug-likeness (QED) is 0.946. The van der Waals surface area contributed by atoms with Crippen LogP contribution in [0.25, 0.3) is 0 Å². The van der Waals surface area contributed by atoms with Gasteiger partial charge in [0.1, 0.15) is 0 Å². The van der Waals surface area contributed by atoms with Crippen LogP contribution in [0.15, 0.2) is 30.3 Å². The molecule has 1 aromatic heterocycles. The van der Waals surface area contributed by atoms with Gasteiger partial charge < -0.3 is 10.2 Å². The molecule has 1 N–H and O–H groups in total. The number of aromatic nitrogens is 2. The van der Waals surface area contributed by atoms with Crippen molar-refractivity contribution in [2.75, 3.05) is 23.3 Å². The lowest BCUT2D eigenvalue weighted by atomic mass is 10.1. The number of benzene rings is 1. The Hall–Kier alpha value is -2.43. The topological polar surface area (TPSA) is 58.1 Å². The van der Waals surface area contributed by atoms with Crippen LogP contribution in [0.3, 0.4) is 0 Å². The standard InChI is InChI=1S/C17H20N4O/c1-12-5-6-13(2)15(11-12)18-17(22)14-7-8-16(20-19-14)21-9-3-4-10-21/h5-8,11H,3-4,9-10H2,1-2H3,(H,18,22). The van der Waals surface area contributed by atoms with Crippen molar-refractivity contribution in [2.24, 2.45) is 0 Å². The van der Waals surface area contributed by atoms with E-state index < -0.39 is 0 Å². The molecule has 5 heteroatoms. The maximum absolute atomic E-state index is 12.3. The van der Waals surface area contributed by atoms with Gasteiger partial charge >= 0.3 is 0 Å². The van der Waals surface area contributed by atoms with E-state index in [0.29, 0.717) is 5.69 Å². The first-order chi connectivity index (χ1) is 10.6. The van der Waals surface area contributed by atoms with E-state index in [0.717, 1.165) is 35.7 Å². The zero-order valence-corrected chi connectivity index (χ0v) is 13.0. The second-order valence-corrected chi connectivity index (χ2v) is 5.74. The number of rotatable bonds is 3. The van der Waals surface area contributed by atoms with Gasteiger partial charge in [0, 0.05) is 18.8 Å². The van der Waals surface area contributed by atoms with E-state index in [1.165, 1.54) is 12.8 Å². The molecule has 114 valence electrons. The summed E-state index contributed by atoms with van der Waals surface area (Å²) in [6.45, 7) is 6.00. The number of anilines is 2. The van der Waals surface area contributed by atoms with Crippen LogP contribution >= 0.6 is 0 Å². The average Bonchev–Trinajstić information content (AvgIpc) is 3.05. The van der Waals surface area contributed by atoms with Crippen LogP contribution in [0.2, 0.25) is 0 Å². The summed E-state index contributed by atoms with van der Waals surface area (Å²) in [6.07, 6.45) is 2.38. The Kier molecular flexibility index (Phi) is 4.04. The van der Waals surface area contributed by atoms with Gasteiger partial charge in [0.05, 0.1) is 0 Å². The first-order valence-corrected chi connectivity index (χ1v) is 7.61. The van der Waals surface area contributed by atoms with Gasteiger partial charge in [-0.2, -0.15) is 0 Å². The normalized spacial score (nSPS) is 14.2. The van der Waals surface area contributed by atoms with Crippen molar-refractivity contribution in [2.45, 2.75) is 26.7 Å². The number of carbonyl (C=O) groups excluding carboxylic acids is 1. The molecule has 0 saturated carbocycles. The highest BCUT2D eigenvalue weighted by Crippen LogP contribution is 2.19. The summed E-state index contributed by atoms with van der Waals surface area (Å²) in [5.41, 5.74) is 3.29. The third kappa shape index (κ3) is 3.08. The average molecular weight is 296 g/mol. The minimum absolute atomic E-state index is 0.228. The first kappa shape index (κ1) is 14.5. The molecular formula is C17H20N4O. The fourth-order valence-corrected chi connectivity index (χ4v) is 2.62. The van der Waals surface area contributed by atoms with Crippen LogP contribution in [0.1, 0.15) is 34.5 Å². The fraction of sp³-hybridized carbons (Fsp3) is 0.353. The van der Waals surface area contributed by atoms with Gasteiger partial charge in [0.15, 0.2) is 11.5 Å². The van der Waals surface area contributed by atoms with E-state index in [1.54, 1.807) is 6.07 Å². The van der Waals surface area contributed by atoms with E-state index in [4.69, 9.17) is 0 Å². The molecule has 0 unspecified atom stereocenters. The number of hydrogen-bond acceptors (Lipinski definition) is 4. The minimum Gasteiger partial charge on any atom is -0.355 e. The SMILES string of the molecule is Cc1ccc(C)c(NC(=O)c2ccc(N3CCCC3)nn2)c1. The van der Waals surface area contributed by atoms with Crippen LogP contribution in [-0.2, 0) is 0 Å². The lowest BCUT2D eigenvalue weighted by Gasteiger charge is -2.15. The molecule has 0 spiro atoms. The van der Waals surface area contributed by atoms with Crippen LogP contribution in [0, 0.1) is 13.8 Å². The summed E-state index contributed by atoms with van der Waals surface area (Å²) < 4.78 is 0. The van der Waals surface area contributed by atoms with Crippen molar-refractivity contribution in [3.05, 3.63) is 47.2 Å². The van der Waals surface area contributed by atoms with Gasteiger partial charge in [-0.15, -0.1) is 10.2 Å². The molecule has 22 heavy (non-hydrogen) atoms. The lowest BCUT2D eigenvalue weighted by molar-refractivity contribution is 0.102. The highest BCUT2D eigenvalue weighted by Gasteiger charge is 2.15. The molecule has 0 aliphatic carbocycles. The summed E-state index contributed by atoms with van der Waals surface area (Å²) in [4.78, 5) is 14.5. The lowest BCUT2D eigenvalue weighted by Crippen LogP contribution is -2.21. The molecule has 5 nitrogen and oxygen atoms in total. The molecular weight excluding hydrogens is 276 g/mol. The van der Waals surface area contributed by atoms with Crippen molar-refractivity contribution in [1.29, 1.82) is 0 Å². The summed E-state index contributed by atoms with van der Waals surface area (Å²) in [5.74, 6) is 0.620. The third-order valence-corrected chi connectivity index (χ3v) is 3.95. The molecule has 1 aliphatic heterocycles. The van der Waals surface area contributed by atoms with E-state index in [1.807, 2.05) is 38.1 Å². The van der Waals surface area contributed by atoms with Gasteiger partial charge in [-0.25, -0.2) is 0 Å².